The van der Waals surface area contributed by atoms with Crippen LogP contribution >= 0.6 is 22.9 Å². The number of thiophene rings is 1. The number of carbonyl (C=O) groups is 1. The Balaban J connectivity index is 1.56. The summed E-state index contributed by atoms with van der Waals surface area (Å²) in [5.74, 6) is 1.05. The minimum absolute atomic E-state index is 0.272. The number of nitrogens with one attached hydrogen (secondary N) is 1. The Morgan fingerprint density at radius 1 is 1.03 bits per heavy atom. The van der Waals surface area contributed by atoms with Crippen LogP contribution in [0.5, 0.6) is 11.5 Å². The van der Waals surface area contributed by atoms with Gasteiger partial charge in [0.05, 0.1) is 17.8 Å². The molecule has 1 heterocycles. The number of methoxy groups -OCH3 is 1. The van der Waals surface area contributed by atoms with Gasteiger partial charge in [-0.05, 0) is 35.9 Å². The van der Waals surface area contributed by atoms with E-state index in [1.54, 1.807) is 7.11 Å². The molecule has 0 aliphatic carbocycles. The van der Waals surface area contributed by atoms with E-state index in [0.717, 1.165) is 21.4 Å². The molecule has 0 saturated carbocycles. The zero-order valence-electron chi connectivity index (χ0n) is 15.6. The van der Waals surface area contributed by atoms with E-state index in [2.05, 4.69) is 5.32 Å². The molecule has 29 heavy (non-hydrogen) atoms. The number of rotatable bonds is 6. The van der Waals surface area contributed by atoms with Gasteiger partial charge in [0.25, 0.3) is 5.91 Å². The molecule has 0 bridgehead atoms. The van der Waals surface area contributed by atoms with Gasteiger partial charge in [0.2, 0.25) is 0 Å². The zero-order chi connectivity index (χ0) is 20.2. The van der Waals surface area contributed by atoms with Crippen molar-refractivity contribution in [1.29, 1.82) is 0 Å². The van der Waals surface area contributed by atoms with E-state index >= 15 is 0 Å². The molecule has 1 amide bonds. The molecule has 6 heteroatoms. The summed E-state index contributed by atoms with van der Waals surface area (Å²) < 4.78 is 12.1. The van der Waals surface area contributed by atoms with Crippen molar-refractivity contribution < 1.29 is 14.3 Å². The maximum absolute atomic E-state index is 12.9. The SMILES string of the molecule is COc1ccc2c(Cl)c(C(=O)Nc3ccccc3OCc3ccccc3)sc2c1. The first-order valence-electron chi connectivity index (χ1n) is 8.99. The molecule has 0 atom stereocenters. The number of para-hydroxylation sites is 2. The molecule has 0 aliphatic rings. The van der Waals surface area contributed by atoms with Crippen molar-refractivity contribution >= 4 is 44.6 Å². The lowest BCUT2D eigenvalue weighted by Gasteiger charge is -2.12. The molecule has 1 aromatic heterocycles. The summed E-state index contributed by atoms with van der Waals surface area (Å²) in [5.41, 5.74) is 1.65. The molecular weight excluding hydrogens is 406 g/mol. The second-order valence-corrected chi connectivity index (χ2v) is 7.76. The Bertz CT molecular complexity index is 1160. The largest absolute Gasteiger partial charge is 0.497 e. The van der Waals surface area contributed by atoms with Gasteiger partial charge < -0.3 is 14.8 Å². The van der Waals surface area contributed by atoms with Crippen LogP contribution in [0, 0.1) is 0 Å². The van der Waals surface area contributed by atoms with E-state index in [1.165, 1.54) is 11.3 Å². The molecule has 0 radical (unpaired) electrons. The van der Waals surface area contributed by atoms with Crippen molar-refractivity contribution in [2.24, 2.45) is 0 Å². The number of benzene rings is 3. The van der Waals surface area contributed by atoms with Crippen molar-refractivity contribution in [3.63, 3.8) is 0 Å². The molecular formula is C23H18ClNO3S. The third kappa shape index (κ3) is 4.21. The highest BCUT2D eigenvalue weighted by atomic mass is 35.5. The molecule has 146 valence electrons. The van der Waals surface area contributed by atoms with E-state index in [0.29, 0.717) is 27.9 Å². The lowest BCUT2D eigenvalue weighted by atomic mass is 10.2. The molecule has 0 aliphatic heterocycles. The van der Waals surface area contributed by atoms with E-state index in [9.17, 15) is 4.79 Å². The molecule has 4 nitrogen and oxygen atoms in total. The van der Waals surface area contributed by atoms with Gasteiger partial charge in [0.1, 0.15) is 23.0 Å². The minimum atomic E-state index is -0.272. The Kier molecular flexibility index (Phi) is 5.69. The fourth-order valence-corrected chi connectivity index (χ4v) is 4.37. The summed E-state index contributed by atoms with van der Waals surface area (Å²) in [6.07, 6.45) is 0. The van der Waals surface area contributed by atoms with Crippen LogP contribution in [0.4, 0.5) is 5.69 Å². The van der Waals surface area contributed by atoms with Gasteiger partial charge in [-0.15, -0.1) is 11.3 Å². The third-order valence-corrected chi connectivity index (χ3v) is 6.07. The second-order valence-electron chi connectivity index (χ2n) is 6.33. The standard InChI is InChI=1S/C23H18ClNO3S/c1-27-16-11-12-17-20(13-16)29-22(21(17)24)23(26)25-18-9-5-6-10-19(18)28-14-15-7-3-2-4-8-15/h2-13H,14H2,1H3,(H,25,26). The number of hydrogen-bond acceptors (Lipinski definition) is 4. The maximum atomic E-state index is 12.9. The first kappa shape index (κ1) is 19.3. The van der Waals surface area contributed by atoms with Crippen LogP contribution < -0.4 is 14.8 Å². The smallest absolute Gasteiger partial charge is 0.267 e. The Labute approximate surface area is 177 Å². The van der Waals surface area contributed by atoms with Crippen molar-refractivity contribution in [2.75, 3.05) is 12.4 Å². The highest BCUT2D eigenvalue weighted by molar-refractivity contribution is 7.21. The molecule has 4 aromatic rings. The number of anilines is 1. The zero-order valence-corrected chi connectivity index (χ0v) is 17.2. The van der Waals surface area contributed by atoms with Gasteiger partial charge in [-0.1, -0.05) is 54.1 Å². The summed E-state index contributed by atoms with van der Waals surface area (Å²) in [5, 5.41) is 4.19. The predicted octanol–water partition coefficient (Wildman–Crippen LogP) is 6.39. The lowest BCUT2D eigenvalue weighted by Crippen LogP contribution is -2.12. The van der Waals surface area contributed by atoms with Crippen LogP contribution in [0.3, 0.4) is 0 Å². The first-order chi connectivity index (χ1) is 14.2. The number of fused-ring (bicyclic) bond motifs is 1. The molecule has 4 rings (SSSR count). The number of carbonyl (C=O) groups excluding carboxylic acids is 1. The van der Waals surface area contributed by atoms with Crippen molar-refractivity contribution in [2.45, 2.75) is 6.61 Å². The number of amides is 1. The summed E-state index contributed by atoms with van der Waals surface area (Å²) in [7, 11) is 1.61. The van der Waals surface area contributed by atoms with Crippen molar-refractivity contribution in [1.82, 2.24) is 0 Å². The lowest BCUT2D eigenvalue weighted by molar-refractivity contribution is 0.103. The predicted molar refractivity (Wildman–Crippen MR) is 119 cm³/mol. The molecule has 0 unspecified atom stereocenters. The number of halogens is 1. The van der Waals surface area contributed by atoms with Crippen molar-refractivity contribution in [3.05, 3.63) is 88.3 Å². The second kappa shape index (κ2) is 8.55. The maximum Gasteiger partial charge on any atom is 0.267 e. The summed E-state index contributed by atoms with van der Waals surface area (Å²) in [4.78, 5) is 13.4. The summed E-state index contributed by atoms with van der Waals surface area (Å²) in [6, 6.07) is 22.8. The summed E-state index contributed by atoms with van der Waals surface area (Å²) >= 11 is 7.80. The molecule has 0 fully saturated rings. The van der Waals surface area contributed by atoms with Crippen LogP contribution in [-0.2, 0) is 6.61 Å². The fraction of sp³-hybridized carbons (Fsp3) is 0.0870. The fourth-order valence-electron chi connectivity index (χ4n) is 2.93. The molecule has 0 saturated heterocycles. The average Bonchev–Trinajstić information content (AvgIpc) is 3.09. The van der Waals surface area contributed by atoms with E-state index in [-0.39, 0.29) is 5.91 Å². The van der Waals surface area contributed by atoms with Crippen LogP contribution in [0.25, 0.3) is 10.1 Å². The van der Waals surface area contributed by atoms with Gasteiger partial charge in [-0.2, -0.15) is 0 Å². The topological polar surface area (TPSA) is 47.6 Å². The van der Waals surface area contributed by atoms with Gasteiger partial charge >= 0.3 is 0 Å². The Morgan fingerprint density at radius 2 is 1.79 bits per heavy atom. The Hall–Kier alpha value is -3.02. The van der Waals surface area contributed by atoms with E-state index in [4.69, 9.17) is 21.1 Å². The Morgan fingerprint density at radius 3 is 2.59 bits per heavy atom. The van der Waals surface area contributed by atoms with Crippen molar-refractivity contribution in [3.8, 4) is 11.5 Å². The molecule has 1 N–H and O–H groups in total. The van der Waals surface area contributed by atoms with Gasteiger partial charge in [-0.3, -0.25) is 4.79 Å². The number of ether oxygens (including phenoxy) is 2. The van der Waals surface area contributed by atoms with Gasteiger partial charge in [-0.25, -0.2) is 0 Å². The van der Waals surface area contributed by atoms with E-state index < -0.39 is 0 Å². The van der Waals surface area contributed by atoms with Crippen LogP contribution in [0.2, 0.25) is 5.02 Å². The summed E-state index contributed by atoms with van der Waals surface area (Å²) in [6.45, 7) is 0.414. The van der Waals surface area contributed by atoms with Gasteiger partial charge in [0.15, 0.2) is 0 Å². The molecule has 0 spiro atoms. The monoisotopic (exact) mass is 423 g/mol. The quantitative estimate of drug-likeness (QED) is 0.390. The van der Waals surface area contributed by atoms with E-state index in [1.807, 2.05) is 72.8 Å². The number of hydrogen-bond donors (Lipinski definition) is 1. The molecule has 3 aromatic carbocycles. The van der Waals surface area contributed by atoms with Gasteiger partial charge in [0, 0.05) is 10.1 Å². The third-order valence-electron chi connectivity index (χ3n) is 4.42. The van der Waals surface area contributed by atoms with Crippen LogP contribution in [0.1, 0.15) is 15.2 Å². The first-order valence-corrected chi connectivity index (χ1v) is 10.2. The average molecular weight is 424 g/mol. The highest BCUT2D eigenvalue weighted by Crippen LogP contribution is 2.38. The normalized spacial score (nSPS) is 10.7. The highest BCUT2D eigenvalue weighted by Gasteiger charge is 2.19. The minimum Gasteiger partial charge on any atom is -0.497 e. The van der Waals surface area contributed by atoms with Crippen LogP contribution in [-0.4, -0.2) is 13.0 Å². The van der Waals surface area contributed by atoms with Crippen LogP contribution in [0.15, 0.2) is 72.8 Å².